The number of aromatic nitrogens is 2. The van der Waals surface area contributed by atoms with Gasteiger partial charge in [0.05, 0.1) is 22.2 Å². The summed E-state index contributed by atoms with van der Waals surface area (Å²) in [4.78, 5) is 26.9. The molecular weight excluding hydrogens is 288 g/mol. The fourth-order valence-electron chi connectivity index (χ4n) is 2.23. The molecule has 0 saturated heterocycles. The number of hydrogen-bond donors (Lipinski definition) is 2. The zero-order valence-electron chi connectivity index (χ0n) is 10.7. The zero-order valence-corrected chi connectivity index (χ0v) is 11.6. The molecule has 3 aromatic rings. The second kappa shape index (κ2) is 4.99. The van der Waals surface area contributed by atoms with Crippen LogP contribution in [0.3, 0.4) is 0 Å². The summed E-state index contributed by atoms with van der Waals surface area (Å²) in [5, 5.41) is 9.71. The molecule has 0 spiro atoms. The van der Waals surface area contributed by atoms with Gasteiger partial charge in [-0.15, -0.1) is 0 Å². The van der Waals surface area contributed by atoms with Crippen molar-refractivity contribution < 1.29 is 9.90 Å². The minimum atomic E-state index is -1.11. The van der Waals surface area contributed by atoms with Crippen LogP contribution >= 0.6 is 12.2 Å². The highest BCUT2D eigenvalue weighted by Gasteiger charge is 2.14. The van der Waals surface area contributed by atoms with Crippen LogP contribution in [0, 0.1) is 4.77 Å². The first-order chi connectivity index (χ1) is 10.1. The summed E-state index contributed by atoms with van der Waals surface area (Å²) >= 11 is 5.21. The van der Waals surface area contributed by atoms with Gasteiger partial charge in [-0.1, -0.05) is 24.3 Å². The number of H-pyrrole nitrogens is 1. The van der Waals surface area contributed by atoms with Crippen LogP contribution in [0.1, 0.15) is 10.4 Å². The molecule has 0 unspecified atom stereocenters. The maximum Gasteiger partial charge on any atom is 0.337 e. The van der Waals surface area contributed by atoms with Crippen LogP contribution < -0.4 is 5.56 Å². The summed E-state index contributed by atoms with van der Waals surface area (Å²) in [5.41, 5.74) is 0.552. The molecule has 0 aliphatic carbocycles. The van der Waals surface area contributed by atoms with Crippen LogP contribution in [0.4, 0.5) is 0 Å². The lowest BCUT2D eigenvalue weighted by molar-refractivity contribution is 0.0697. The number of benzene rings is 2. The Balaban J connectivity index is 2.45. The molecule has 6 heteroatoms. The highest BCUT2D eigenvalue weighted by Crippen LogP contribution is 2.15. The van der Waals surface area contributed by atoms with E-state index in [0.717, 1.165) is 0 Å². The van der Waals surface area contributed by atoms with Gasteiger partial charge in [-0.25, -0.2) is 4.79 Å². The minimum Gasteiger partial charge on any atom is -0.478 e. The summed E-state index contributed by atoms with van der Waals surface area (Å²) in [7, 11) is 0. The molecule has 0 aliphatic heterocycles. The average molecular weight is 298 g/mol. The Morgan fingerprint density at radius 1 is 1.10 bits per heavy atom. The lowest BCUT2D eigenvalue weighted by atomic mass is 10.1. The number of hydrogen-bond acceptors (Lipinski definition) is 3. The molecule has 0 amide bonds. The number of fused-ring (bicyclic) bond motifs is 1. The van der Waals surface area contributed by atoms with Crippen molar-refractivity contribution in [1.82, 2.24) is 9.55 Å². The Morgan fingerprint density at radius 3 is 2.52 bits per heavy atom. The van der Waals surface area contributed by atoms with Crippen molar-refractivity contribution in [3.8, 4) is 5.69 Å². The smallest absolute Gasteiger partial charge is 0.337 e. The molecule has 104 valence electrons. The fourth-order valence-corrected chi connectivity index (χ4v) is 2.52. The van der Waals surface area contributed by atoms with Crippen molar-refractivity contribution in [3.05, 3.63) is 69.2 Å². The number of carboxylic acid groups (broad SMARTS) is 1. The predicted molar refractivity (Wildman–Crippen MR) is 81.7 cm³/mol. The van der Waals surface area contributed by atoms with E-state index in [2.05, 4.69) is 4.98 Å². The highest BCUT2D eigenvalue weighted by molar-refractivity contribution is 7.71. The third-order valence-corrected chi connectivity index (χ3v) is 3.47. The van der Waals surface area contributed by atoms with Gasteiger partial charge in [0.25, 0.3) is 5.56 Å². The number of para-hydroxylation sites is 2. The first-order valence-corrected chi connectivity index (χ1v) is 6.57. The van der Waals surface area contributed by atoms with Gasteiger partial charge in [-0.05, 0) is 36.5 Å². The molecule has 2 aromatic carbocycles. The maximum atomic E-state index is 12.6. The van der Waals surface area contributed by atoms with E-state index in [1.807, 2.05) is 0 Å². The predicted octanol–water partition coefficient (Wildman–Crippen LogP) is 2.75. The van der Waals surface area contributed by atoms with Gasteiger partial charge in [0.15, 0.2) is 4.77 Å². The van der Waals surface area contributed by atoms with Crippen LogP contribution in [-0.4, -0.2) is 20.6 Å². The lowest BCUT2D eigenvalue weighted by Gasteiger charge is -2.10. The summed E-state index contributed by atoms with van der Waals surface area (Å²) in [5.74, 6) is -1.11. The Morgan fingerprint density at radius 2 is 1.76 bits per heavy atom. The van der Waals surface area contributed by atoms with E-state index < -0.39 is 5.97 Å². The molecule has 3 rings (SSSR count). The van der Waals surface area contributed by atoms with Crippen molar-refractivity contribution >= 4 is 29.1 Å². The summed E-state index contributed by atoms with van der Waals surface area (Å²) in [6.45, 7) is 0. The quantitative estimate of drug-likeness (QED) is 0.713. The van der Waals surface area contributed by atoms with Gasteiger partial charge in [-0.3, -0.25) is 9.36 Å². The van der Waals surface area contributed by atoms with E-state index in [9.17, 15) is 14.7 Å². The SMILES string of the molecule is O=C(O)c1ccccc1-n1c(=S)[nH]c2ccccc2c1=O. The molecule has 0 radical (unpaired) electrons. The summed E-state index contributed by atoms with van der Waals surface area (Å²) < 4.78 is 1.37. The maximum absolute atomic E-state index is 12.6. The minimum absolute atomic E-state index is 0.0226. The first-order valence-electron chi connectivity index (χ1n) is 6.16. The van der Waals surface area contributed by atoms with Crippen LogP contribution in [0.25, 0.3) is 16.6 Å². The van der Waals surface area contributed by atoms with Crippen molar-refractivity contribution in [2.24, 2.45) is 0 Å². The molecule has 1 aromatic heterocycles. The monoisotopic (exact) mass is 298 g/mol. The largest absolute Gasteiger partial charge is 0.478 e. The average Bonchev–Trinajstić information content (AvgIpc) is 2.47. The Kier molecular flexibility index (Phi) is 3.15. The van der Waals surface area contributed by atoms with Crippen molar-refractivity contribution in [2.45, 2.75) is 0 Å². The fraction of sp³-hybridized carbons (Fsp3) is 0. The molecular formula is C15H10N2O3S. The van der Waals surface area contributed by atoms with Crippen molar-refractivity contribution in [3.63, 3.8) is 0 Å². The van der Waals surface area contributed by atoms with Gasteiger partial charge in [0.1, 0.15) is 0 Å². The summed E-state index contributed by atoms with van der Waals surface area (Å²) in [6.07, 6.45) is 0. The van der Waals surface area contributed by atoms with Crippen LogP contribution in [-0.2, 0) is 0 Å². The lowest BCUT2D eigenvalue weighted by Crippen LogP contribution is -2.22. The van der Waals surface area contributed by atoms with Crippen molar-refractivity contribution in [1.29, 1.82) is 0 Å². The Hall–Kier alpha value is -2.73. The van der Waals surface area contributed by atoms with Gasteiger partial charge >= 0.3 is 5.97 Å². The highest BCUT2D eigenvalue weighted by atomic mass is 32.1. The van der Waals surface area contributed by atoms with Gasteiger partial charge < -0.3 is 10.1 Å². The van der Waals surface area contributed by atoms with Crippen molar-refractivity contribution in [2.75, 3.05) is 0 Å². The van der Waals surface area contributed by atoms with Gasteiger partial charge in [0, 0.05) is 0 Å². The third-order valence-electron chi connectivity index (χ3n) is 3.18. The number of carboxylic acids is 1. The molecule has 0 fully saturated rings. The third kappa shape index (κ3) is 2.15. The number of carbonyl (C=O) groups is 1. The summed E-state index contributed by atoms with van der Waals surface area (Å²) in [6, 6.07) is 13.2. The topological polar surface area (TPSA) is 75.1 Å². The Bertz CT molecular complexity index is 972. The molecule has 2 N–H and O–H groups in total. The van der Waals surface area contributed by atoms with E-state index in [1.54, 1.807) is 42.5 Å². The number of rotatable bonds is 2. The van der Waals surface area contributed by atoms with E-state index in [4.69, 9.17) is 12.2 Å². The molecule has 0 aliphatic rings. The van der Waals surface area contributed by atoms with E-state index in [1.165, 1.54) is 10.6 Å². The number of nitrogens with one attached hydrogen (secondary N) is 1. The normalized spacial score (nSPS) is 10.7. The standard InChI is InChI=1S/C15H10N2O3S/c18-13-9-5-1-3-7-11(9)16-15(21)17(13)12-8-4-2-6-10(12)14(19)20/h1-8H,(H,16,21)(H,19,20). The molecule has 1 heterocycles. The second-order valence-electron chi connectivity index (χ2n) is 4.44. The van der Waals surface area contributed by atoms with Gasteiger partial charge in [0.2, 0.25) is 0 Å². The van der Waals surface area contributed by atoms with Crippen LogP contribution in [0.5, 0.6) is 0 Å². The van der Waals surface area contributed by atoms with Gasteiger partial charge in [-0.2, -0.15) is 0 Å². The first kappa shape index (κ1) is 13.3. The van der Waals surface area contributed by atoms with E-state index >= 15 is 0 Å². The second-order valence-corrected chi connectivity index (χ2v) is 4.83. The molecule has 0 bridgehead atoms. The number of aromatic carboxylic acids is 1. The molecule has 5 nitrogen and oxygen atoms in total. The van der Waals surface area contributed by atoms with Crippen LogP contribution in [0.15, 0.2) is 53.3 Å². The molecule has 0 atom stereocenters. The Labute approximate surface area is 124 Å². The molecule has 0 saturated carbocycles. The number of nitrogens with zero attached hydrogens (tertiary/aromatic N) is 1. The van der Waals surface area contributed by atoms with E-state index in [-0.39, 0.29) is 21.6 Å². The zero-order chi connectivity index (χ0) is 15.0. The van der Waals surface area contributed by atoms with E-state index in [0.29, 0.717) is 10.9 Å². The number of aromatic amines is 1. The molecule has 21 heavy (non-hydrogen) atoms. The van der Waals surface area contributed by atoms with Crippen LogP contribution in [0.2, 0.25) is 0 Å².